The van der Waals surface area contributed by atoms with E-state index in [0.717, 1.165) is 5.56 Å². The number of carbonyl (C=O) groups excluding carboxylic acids is 2. The van der Waals surface area contributed by atoms with Crippen molar-refractivity contribution in [1.29, 1.82) is 0 Å². The van der Waals surface area contributed by atoms with Gasteiger partial charge in [0.2, 0.25) is 6.08 Å². The maximum absolute atomic E-state index is 11.8. The quantitative estimate of drug-likeness (QED) is 0.316. The topological polar surface area (TPSA) is 120 Å². The van der Waals surface area contributed by atoms with Crippen LogP contribution in [-0.4, -0.2) is 30.6 Å². The summed E-state index contributed by atoms with van der Waals surface area (Å²) in [7, 11) is 0. The van der Waals surface area contributed by atoms with Crippen LogP contribution in [0, 0.1) is 0 Å². The second-order valence-corrected chi connectivity index (χ2v) is 3.92. The van der Waals surface area contributed by atoms with Gasteiger partial charge in [-0.25, -0.2) is 9.59 Å². The average molecular weight is 276 g/mol. The summed E-state index contributed by atoms with van der Waals surface area (Å²) in [5.74, 6) is -0.695. The normalized spacial score (nSPS) is 11.0. The van der Waals surface area contributed by atoms with Gasteiger partial charge in [-0.05, 0) is 5.56 Å². The van der Waals surface area contributed by atoms with Crippen molar-refractivity contribution in [2.45, 2.75) is 19.1 Å². The highest BCUT2D eigenvalue weighted by atomic mass is 16.5. The predicted octanol–water partition coefficient (Wildman–Crippen LogP) is 0.0977. The van der Waals surface area contributed by atoms with E-state index in [9.17, 15) is 9.59 Å². The molecule has 0 aliphatic carbocycles. The van der Waals surface area contributed by atoms with Gasteiger partial charge in [-0.15, -0.1) is 0 Å². The van der Waals surface area contributed by atoms with E-state index in [1.54, 1.807) is 0 Å². The van der Waals surface area contributed by atoms with Gasteiger partial charge >= 0.3 is 5.97 Å². The third-order valence-electron chi connectivity index (χ3n) is 2.40. The Hall–Kier alpha value is -2.66. The standard InChI is InChI=1S/C13H16N4O3/c14-13(15)16-7-6-11(17-9-18)12(19)20-8-10-4-2-1-3-5-10/h1-5,11H,6-8H2,(H4,14,15,16). The maximum atomic E-state index is 11.8. The van der Waals surface area contributed by atoms with Crippen molar-refractivity contribution in [2.24, 2.45) is 21.5 Å². The number of rotatable bonds is 7. The highest BCUT2D eigenvalue weighted by Gasteiger charge is 2.18. The number of esters is 1. The molecule has 0 aliphatic heterocycles. The van der Waals surface area contributed by atoms with Crippen LogP contribution < -0.4 is 11.5 Å². The fraction of sp³-hybridized carbons (Fsp3) is 0.308. The summed E-state index contributed by atoms with van der Waals surface area (Å²) in [6.45, 7) is 0.297. The van der Waals surface area contributed by atoms with E-state index < -0.39 is 12.0 Å². The van der Waals surface area contributed by atoms with E-state index in [1.807, 2.05) is 30.3 Å². The summed E-state index contributed by atoms with van der Waals surface area (Å²) in [5.41, 5.74) is 11.2. The molecule has 0 saturated carbocycles. The van der Waals surface area contributed by atoms with E-state index in [2.05, 4.69) is 9.98 Å². The summed E-state index contributed by atoms with van der Waals surface area (Å²) >= 11 is 0. The lowest BCUT2D eigenvalue weighted by Gasteiger charge is -2.09. The first-order valence-electron chi connectivity index (χ1n) is 5.96. The first kappa shape index (κ1) is 15.4. The molecule has 0 radical (unpaired) electrons. The first-order valence-corrected chi connectivity index (χ1v) is 5.96. The monoisotopic (exact) mass is 276 g/mol. The molecule has 20 heavy (non-hydrogen) atoms. The Morgan fingerprint density at radius 1 is 1.30 bits per heavy atom. The minimum atomic E-state index is -0.945. The van der Waals surface area contributed by atoms with Crippen LogP contribution in [0.25, 0.3) is 0 Å². The van der Waals surface area contributed by atoms with E-state index >= 15 is 0 Å². The Morgan fingerprint density at radius 3 is 2.60 bits per heavy atom. The lowest BCUT2D eigenvalue weighted by Crippen LogP contribution is -2.25. The van der Waals surface area contributed by atoms with Gasteiger partial charge in [0.1, 0.15) is 6.61 Å². The molecule has 0 amide bonds. The van der Waals surface area contributed by atoms with Crippen molar-refractivity contribution < 1.29 is 14.3 Å². The smallest absolute Gasteiger partial charge is 0.332 e. The van der Waals surface area contributed by atoms with Gasteiger partial charge in [0, 0.05) is 13.0 Å². The molecule has 0 bridgehead atoms. The lowest BCUT2D eigenvalue weighted by molar-refractivity contribution is -0.146. The summed E-state index contributed by atoms with van der Waals surface area (Å²) < 4.78 is 5.08. The molecule has 1 rings (SSSR count). The molecule has 0 aliphatic rings. The molecule has 1 aromatic carbocycles. The zero-order valence-corrected chi connectivity index (χ0v) is 10.9. The largest absolute Gasteiger partial charge is 0.459 e. The zero-order valence-electron chi connectivity index (χ0n) is 10.9. The molecule has 1 atom stereocenters. The number of nitrogens with zero attached hydrogens (tertiary/aromatic N) is 2. The molecule has 7 nitrogen and oxygen atoms in total. The fourth-order valence-electron chi connectivity index (χ4n) is 1.44. The van der Waals surface area contributed by atoms with Gasteiger partial charge in [-0.1, -0.05) is 30.3 Å². The molecule has 0 aromatic heterocycles. The number of guanidine groups is 1. The van der Waals surface area contributed by atoms with Crippen LogP contribution >= 0.6 is 0 Å². The van der Waals surface area contributed by atoms with Gasteiger partial charge in [0.05, 0.1) is 0 Å². The number of carbonyl (C=O) groups is 1. The van der Waals surface area contributed by atoms with E-state index in [4.69, 9.17) is 16.2 Å². The molecular formula is C13H16N4O3. The third-order valence-corrected chi connectivity index (χ3v) is 2.40. The van der Waals surface area contributed by atoms with Crippen molar-refractivity contribution in [1.82, 2.24) is 0 Å². The van der Waals surface area contributed by atoms with Crippen LogP contribution in [0.5, 0.6) is 0 Å². The number of isocyanates is 1. The highest BCUT2D eigenvalue weighted by molar-refractivity contribution is 5.77. The number of hydrogen-bond donors (Lipinski definition) is 2. The molecular weight excluding hydrogens is 260 g/mol. The van der Waals surface area contributed by atoms with E-state index in [0.29, 0.717) is 0 Å². The van der Waals surface area contributed by atoms with Gasteiger partial charge in [0.25, 0.3) is 0 Å². The van der Waals surface area contributed by atoms with Crippen molar-refractivity contribution in [3.63, 3.8) is 0 Å². The molecule has 7 heteroatoms. The number of nitrogens with two attached hydrogens (primary N) is 2. The van der Waals surface area contributed by atoms with Crippen molar-refractivity contribution >= 4 is 18.0 Å². The molecule has 0 spiro atoms. The molecule has 4 N–H and O–H groups in total. The first-order chi connectivity index (χ1) is 9.63. The van der Waals surface area contributed by atoms with Gasteiger partial charge < -0.3 is 16.2 Å². The summed E-state index contributed by atoms with van der Waals surface area (Å²) in [5, 5.41) is 0. The Balaban J connectivity index is 2.51. The van der Waals surface area contributed by atoms with Crippen LogP contribution in [0.15, 0.2) is 40.3 Å². The molecule has 0 heterocycles. The molecule has 0 saturated heterocycles. The van der Waals surface area contributed by atoms with Crippen LogP contribution in [0.2, 0.25) is 0 Å². The van der Waals surface area contributed by atoms with Gasteiger partial charge in [0.15, 0.2) is 12.0 Å². The number of hydrogen-bond acceptors (Lipinski definition) is 5. The van der Waals surface area contributed by atoms with Crippen molar-refractivity contribution in [3.05, 3.63) is 35.9 Å². The molecule has 1 unspecified atom stereocenters. The molecule has 0 fully saturated rings. The van der Waals surface area contributed by atoms with Crippen molar-refractivity contribution in [2.75, 3.05) is 6.54 Å². The average Bonchev–Trinajstić information content (AvgIpc) is 2.44. The molecule has 1 aromatic rings. The van der Waals surface area contributed by atoms with Crippen LogP contribution in [0.1, 0.15) is 12.0 Å². The van der Waals surface area contributed by atoms with Crippen LogP contribution in [-0.2, 0) is 20.9 Å². The summed E-state index contributed by atoms with van der Waals surface area (Å²) in [4.78, 5) is 29.2. The van der Waals surface area contributed by atoms with Gasteiger partial charge in [-0.2, -0.15) is 4.99 Å². The lowest BCUT2D eigenvalue weighted by atomic mass is 10.2. The Morgan fingerprint density at radius 2 is 2.00 bits per heavy atom. The van der Waals surface area contributed by atoms with Crippen molar-refractivity contribution in [3.8, 4) is 0 Å². The Bertz CT molecular complexity index is 506. The fourth-order valence-corrected chi connectivity index (χ4v) is 1.44. The van der Waals surface area contributed by atoms with E-state index in [-0.39, 0.29) is 25.5 Å². The Kier molecular flexibility index (Phi) is 6.50. The second-order valence-electron chi connectivity index (χ2n) is 3.92. The minimum Gasteiger partial charge on any atom is -0.459 e. The maximum Gasteiger partial charge on any atom is 0.332 e. The van der Waals surface area contributed by atoms with Gasteiger partial charge in [-0.3, -0.25) is 4.99 Å². The Labute approximate surface area is 116 Å². The highest BCUT2D eigenvalue weighted by Crippen LogP contribution is 2.05. The predicted molar refractivity (Wildman–Crippen MR) is 73.4 cm³/mol. The molecule has 106 valence electrons. The third kappa shape index (κ3) is 5.79. The number of aliphatic imine (C=N–C) groups is 2. The second kappa shape index (κ2) is 8.44. The number of benzene rings is 1. The number of ether oxygens (including phenoxy) is 1. The SMILES string of the molecule is NC(N)=NCCC(N=C=O)C(=O)OCc1ccccc1. The van der Waals surface area contributed by atoms with Crippen LogP contribution in [0.3, 0.4) is 0 Å². The summed E-state index contributed by atoms with van der Waals surface area (Å²) in [6, 6.07) is 8.24. The summed E-state index contributed by atoms with van der Waals surface area (Å²) in [6.07, 6.45) is 1.53. The van der Waals surface area contributed by atoms with E-state index in [1.165, 1.54) is 6.08 Å². The van der Waals surface area contributed by atoms with Crippen LogP contribution in [0.4, 0.5) is 0 Å². The zero-order chi connectivity index (χ0) is 14.8. The minimum absolute atomic E-state index is 0.0866.